The second-order valence-corrected chi connectivity index (χ2v) is 4.04. The first-order chi connectivity index (χ1) is 7.52. The van der Waals surface area contributed by atoms with Crippen LogP contribution >= 0.6 is 0 Å². The molecule has 92 valence electrons. The summed E-state index contributed by atoms with van der Waals surface area (Å²) < 4.78 is 5.15. The highest BCUT2D eigenvalue weighted by molar-refractivity contribution is 5.76. The van der Waals surface area contributed by atoms with Crippen LogP contribution < -0.4 is 5.32 Å². The smallest absolute Gasteiger partial charge is 0.317 e. The molecule has 2 unspecified atom stereocenters. The van der Waals surface area contributed by atoms with Gasteiger partial charge in [0.15, 0.2) is 0 Å². The van der Waals surface area contributed by atoms with Crippen LogP contribution in [0.1, 0.15) is 19.8 Å². The van der Waals surface area contributed by atoms with Crippen LogP contribution in [0.2, 0.25) is 0 Å². The maximum absolute atomic E-state index is 11.7. The number of nitrogens with one attached hydrogen (secondary N) is 1. The van der Waals surface area contributed by atoms with Gasteiger partial charge in [-0.15, -0.1) is 0 Å². The van der Waals surface area contributed by atoms with Crippen molar-refractivity contribution in [3.63, 3.8) is 0 Å². The molecular weight excluding hydrogens is 212 g/mol. The van der Waals surface area contributed by atoms with Gasteiger partial charge in [0.25, 0.3) is 0 Å². The molecule has 1 rings (SSSR count). The van der Waals surface area contributed by atoms with E-state index in [1.54, 1.807) is 18.9 Å². The molecule has 0 saturated carbocycles. The van der Waals surface area contributed by atoms with E-state index in [9.17, 15) is 9.59 Å². The monoisotopic (exact) mass is 230 g/mol. The minimum Gasteiger partial charge on any atom is -0.481 e. The van der Waals surface area contributed by atoms with E-state index in [0.29, 0.717) is 13.1 Å². The Balaban J connectivity index is 2.33. The number of methoxy groups -OCH3 is 1. The predicted molar refractivity (Wildman–Crippen MR) is 57.2 cm³/mol. The first-order valence-corrected chi connectivity index (χ1v) is 5.33. The summed E-state index contributed by atoms with van der Waals surface area (Å²) in [6, 6.07) is -0.570. The lowest BCUT2D eigenvalue weighted by molar-refractivity contribution is -0.137. The van der Waals surface area contributed by atoms with Gasteiger partial charge < -0.3 is 20.1 Å². The average Bonchev–Trinajstić information content (AvgIpc) is 2.64. The van der Waals surface area contributed by atoms with Gasteiger partial charge in [0.2, 0.25) is 0 Å². The summed E-state index contributed by atoms with van der Waals surface area (Å²) in [5.74, 6) is -0.913. The van der Waals surface area contributed by atoms with Crippen molar-refractivity contribution in [1.29, 1.82) is 0 Å². The Kier molecular flexibility index (Phi) is 4.54. The number of carboxylic acid groups (broad SMARTS) is 1. The highest BCUT2D eigenvalue weighted by atomic mass is 16.5. The number of carbonyl (C=O) groups excluding carboxylic acids is 1. The topological polar surface area (TPSA) is 78.9 Å². The van der Waals surface area contributed by atoms with Crippen LogP contribution in [0, 0.1) is 0 Å². The third-order valence-corrected chi connectivity index (χ3v) is 2.62. The molecule has 6 heteroatoms. The number of aliphatic carboxylic acids is 1. The second-order valence-electron chi connectivity index (χ2n) is 4.04. The van der Waals surface area contributed by atoms with E-state index in [2.05, 4.69) is 5.32 Å². The third kappa shape index (κ3) is 3.69. The molecule has 0 aliphatic carbocycles. The molecule has 2 amide bonds. The van der Waals surface area contributed by atoms with Crippen molar-refractivity contribution < 1.29 is 19.4 Å². The van der Waals surface area contributed by atoms with Gasteiger partial charge in [-0.2, -0.15) is 0 Å². The van der Waals surface area contributed by atoms with Crippen LogP contribution in [0.25, 0.3) is 0 Å². The quantitative estimate of drug-likeness (QED) is 0.727. The van der Waals surface area contributed by atoms with Crippen LogP contribution in [0.15, 0.2) is 0 Å². The van der Waals surface area contributed by atoms with Gasteiger partial charge in [-0.1, -0.05) is 0 Å². The first-order valence-electron chi connectivity index (χ1n) is 5.33. The number of rotatable bonds is 4. The first kappa shape index (κ1) is 12.8. The van der Waals surface area contributed by atoms with E-state index in [1.807, 2.05) is 0 Å². The normalized spacial score (nSPS) is 21.9. The van der Waals surface area contributed by atoms with Crippen LogP contribution in [0.4, 0.5) is 4.79 Å². The van der Waals surface area contributed by atoms with Gasteiger partial charge >= 0.3 is 12.0 Å². The molecule has 6 nitrogen and oxygen atoms in total. The molecule has 1 heterocycles. The number of hydrogen-bond acceptors (Lipinski definition) is 3. The maximum Gasteiger partial charge on any atom is 0.317 e. The van der Waals surface area contributed by atoms with Crippen LogP contribution in [0.3, 0.4) is 0 Å². The number of carboxylic acids is 1. The molecule has 2 N–H and O–H groups in total. The molecule has 1 saturated heterocycles. The molecule has 0 spiro atoms. The number of urea groups is 1. The van der Waals surface area contributed by atoms with Gasteiger partial charge in [0, 0.05) is 26.2 Å². The SMILES string of the molecule is COC1CCN(C(=O)NC(C)CC(=O)O)C1. The highest BCUT2D eigenvalue weighted by Crippen LogP contribution is 2.11. The molecule has 0 radical (unpaired) electrons. The molecule has 1 fully saturated rings. The van der Waals surface area contributed by atoms with Crippen molar-refractivity contribution in [3.05, 3.63) is 0 Å². The summed E-state index contributed by atoms with van der Waals surface area (Å²) in [4.78, 5) is 23.7. The summed E-state index contributed by atoms with van der Waals surface area (Å²) in [5, 5.41) is 11.2. The van der Waals surface area contributed by atoms with Crippen LogP contribution in [0.5, 0.6) is 0 Å². The zero-order chi connectivity index (χ0) is 12.1. The second kappa shape index (κ2) is 5.69. The van der Waals surface area contributed by atoms with Crippen molar-refractivity contribution in [3.8, 4) is 0 Å². The number of hydrogen-bond donors (Lipinski definition) is 2. The van der Waals surface area contributed by atoms with E-state index < -0.39 is 5.97 Å². The lowest BCUT2D eigenvalue weighted by atomic mass is 10.2. The van der Waals surface area contributed by atoms with Gasteiger partial charge in [0.1, 0.15) is 0 Å². The van der Waals surface area contributed by atoms with Gasteiger partial charge in [-0.25, -0.2) is 4.79 Å². The highest BCUT2D eigenvalue weighted by Gasteiger charge is 2.26. The molecule has 16 heavy (non-hydrogen) atoms. The fraction of sp³-hybridized carbons (Fsp3) is 0.800. The van der Waals surface area contributed by atoms with Crippen molar-refractivity contribution in [2.45, 2.75) is 31.9 Å². The van der Waals surface area contributed by atoms with Crippen molar-refractivity contribution >= 4 is 12.0 Å². The Bertz CT molecular complexity index is 270. The summed E-state index contributed by atoms with van der Waals surface area (Å²) in [6.07, 6.45) is 0.866. The zero-order valence-corrected chi connectivity index (χ0v) is 9.60. The van der Waals surface area contributed by atoms with E-state index in [-0.39, 0.29) is 24.6 Å². The van der Waals surface area contributed by atoms with E-state index in [4.69, 9.17) is 9.84 Å². The standard InChI is InChI=1S/C10H18N2O4/c1-7(5-9(13)14)11-10(15)12-4-3-8(6-12)16-2/h7-8H,3-6H2,1-2H3,(H,11,15)(H,13,14). The molecule has 0 aromatic heterocycles. The minimum absolute atomic E-state index is 0.0622. The largest absolute Gasteiger partial charge is 0.481 e. The van der Waals surface area contributed by atoms with Crippen LogP contribution in [-0.2, 0) is 9.53 Å². The Labute approximate surface area is 94.6 Å². The maximum atomic E-state index is 11.7. The summed E-state index contributed by atoms with van der Waals surface area (Å²) in [7, 11) is 1.62. The number of likely N-dealkylation sites (tertiary alicyclic amines) is 1. The van der Waals surface area contributed by atoms with Gasteiger partial charge in [-0.05, 0) is 13.3 Å². The Morgan fingerprint density at radius 3 is 2.81 bits per heavy atom. The van der Waals surface area contributed by atoms with E-state index in [1.165, 1.54) is 0 Å². The fourth-order valence-corrected chi connectivity index (χ4v) is 1.72. The molecule has 1 aliphatic rings. The third-order valence-electron chi connectivity index (χ3n) is 2.62. The summed E-state index contributed by atoms with van der Waals surface area (Å²) in [6.45, 7) is 2.90. The molecule has 1 aliphatic heterocycles. The van der Waals surface area contributed by atoms with Crippen molar-refractivity contribution in [1.82, 2.24) is 10.2 Å². The number of nitrogens with zero attached hydrogens (tertiary/aromatic N) is 1. The number of carbonyl (C=O) groups is 2. The Morgan fingerprint density at radius 2 is 2.31 bits per heavy atom. The number of amides is 2. The summed E-state index contributed by atoms with van der Waals surface area (Å²) >= 11 is 0. The predicted octanol–water partition coefficient (Wildman–Crippen LogP) is 0.280. The van der Waals surface area contributed by atoms with Crippen molar-refractivity contribution in [2.75, 3.05) is 20.2 Å². The van der Waals surface area contributed by atoms with Crippen molar-refractivity contribution in [2.24, 2.45) is 0 Å². The Hall–Kier alpha value is -1.30. The molecule has 0 aromatic rings. The zero-order valence-electron chi connectivity index (χ0n) is 9.60. The molecular formula is C10H18N2O4. The number of ether oxygens (including phenoxy) is 1. The fourth-order valence-electron chi connectivity index (χ4n) is 1.72. The van der Waals surface area contributed by atoms with E-state index >= 15 is 0 Å². The minimum atomic E-state index is -0.913. The Morgan fingerprint density at radius 1 is 1.62 bits per heavy atom. The lowest BCUT2D eigenvalue weighted by Gasteiger charge is -2.19. The van der Waals surface area contributed by atoms with E-state index in [0.717, 1.165) is 6.42 Å². The van der Waals surface area contributed by atoms with Gasteiger partial charge in [0.05, 0.1) is 12.5 Å². The average molecular weight is 230 g/mol. The van der Waals surface area contributed by atoms with Crippen LogP contribution in [-0.4, -0.2) is 54.4 Å². The molecule has 2 atom stereocenters. The van der Waals surface area contributed by atoms with Gasteiger partial charge in [-0.3, -0.25) is 4.79 Å². The molecule has 0 bridgehead atoms. The molecule has 0 aromatic carbocycles. The lowest BCUT2D eigenvalue weighted by Crippen LogP contribution is -2.43. The summed E-state index contributed by atoms with van der Waals surface area (Å²) in [5.41, 5.74) is 0.